The molecule has 0 aliphatic carbocycles. The third-order valence-corrected chi connectivity index (χ3v) is 1.000. The van der Waals surface area contributed by atoms with Crippen LogP contribution >= 0.6 is 0 Å². The molecule has 0 aliphatic rings. The molecule has 1 nitrogen and oxygen atoms in total. The van der Waals surface area contributed by atoms with Gasteiger partial charge in [-0.05, 0) is 6.04 Å². The van der Waals surface area contributed by atoms with Crippen LogP contribution in [0.3, 0.4) is 0 Å². The van der Waals surface area contributed by atoms with Crippen LogP contribution in [0, 0.1) is 0 Å². The van der Waals surface area contributed by atoms with E-state index >= 15 is 0 Å². The third-order valence-electron chi connectivity index (χ3n) is 0.333. The Kier molecular flexibility index (Phi) is 17.1. The van der Waals surface area contributed by atoms with Gasteiger partial charge in [0.05, 0.1) is 0 Å². The number of hydrogen-bond acceptors (Lipinski definition) is 1. The molecule has 32 valence electrons. The quantitative estimate of drug-likeness (QED) is 0.306. The molecule has 0 radical (unpaired) electrons. The molecule has 6 heavy (non-hydrogen) atoms. The van der Waals surface area contributed by atoms with Gasteiger partial charge >= 0.3 is 51.4 Å². The average Bonchev–Trinajstić information content (AvgIpc) is 1.41. The van der Waals surface area contributed by atoms with Crippen molar-refractivity contribution in [2.24, 2.45) is 0 Å². The number of rotatable bonds is 2. The zero-order valence-electron chi connectivity index (χ0n) is 5.15. The maximum Gasteiger partial charge on any atom is 1.00 e. The molecule has 0 fully saturated rings. The van der Waals surface area contributed by atoms with Crippen LogP contribution in [-0.4, -0.2) is 14.6 Å². The molecule has 1 N–H and O–H groups in total. The first-order valence-corrected chi connectivity index (χ1v) is 3.27. The summed E-state index contributed by atoms with van der Waals surface area (Å²) in [5, 5.41) is 0. The summed E-state index contributed by atoms with van der Waals surface area (Å²) in [5.41, 5.74) is 0. The van der Waals surface area contributed by atoms with Crippen LogP contribution in [0.2, 0.25) is 6.04 Å². The molecule has 0 rings (SSSR count). The molecule has 0 saturated heterocycles. The van der Waals surface area contributed by atoms with E-state index in [9.17, 15) is 0 Å². The van der Waals surface area contributed by atoms with Gasteiger partial charge in [0.1, 0.15) is 0 Å². The molecule has 0 aliphatic heterocycles. The Labute approximate surface area is 84.7 Å². The molecule has 0 amide bonds. The molecule has 3 heteroatoms. The summed E-state index contributed by atoms with van der Waals surface area (Å²) in [6, 6.07) is 0.847. The van der Waals surface area contributed by atoms with Gasteiger partial charge in [0, 0.05) is 0 Å². The minimum atomic E-state index is -0.704. The van der Waals surface area contributed by atoms with Crippen molar-refractivity contribution in [2.45, 2.75) is 6.04 Å². The largest absolute Gasteiger partial charge is 1.00 e. The van der Waals surface area contributed by atoms with Crippen LogP contribution in [0.4, 0.5) is 0 Å². The van der Waals surface area contributed by atoms with Gasteiger partial charge in [-0.2, -0.15) is 0 Å². The second-order valence-corrected chi connectivity index (χ2v) is 1.83. The van der Waals surface area contributed by atoms with Crippen LogP contribution in [0.1, 0.15) is 1.43 Å². The second kappa shape index (κ2) is 9.75. The SMILES string of the molecule is C=CC[SiH2]O.[H-].[K+]. The first-order chi connectivity index (χ1) is 2.41. The Morgan fingerprint density at radius 3 is 2.50 bits per heavy atom. The summed E-state index contributed by atoms with van der Waals surface area (Å²) >= 11 is 0. The fraction of sp³-hybridized carbons (Fsp3) is 0.333. The fourth-order valence-electron chi connectivity index (χ4n) is 0.0913. The van der Waals surface area contributed by atoms with Crippen molar-refractivity contribution < 1.29 is 57.6 Å². The molecular weight excluding hydrogens is 119 g/mol. The normalized spacial score (nSPS) is 8.17. The van der Waals surface area contributed by atoms with Crippen molar-refractivity contribution in [3.05, 3.63) is 12.7 Å². The van der Waals surface area contributed by atoms with Crippen LogP contribution in [0.25, 0.3) is 0 Å². The van der Waals surface area contributed by atoms with E-state index < -0.39 is 9.76 Å². The molecule has 0 saturated carbocycles. The van der Waals surface area contributed by atoms with E-state index in [0.717, 1.165) is 6.04 Å². The summed E-state index contributed by atoms with van der Waals surface area (Å²) < 4.78 is 0. The molecule has 0 aromatic carbocycles. The summed E-state index contributed by atoms with van der Waals surface area (Å²) in [7, 11) is -0.704. The van der Waals surface area contributed by atoms with E-state index in [1.807, 2.05) is 0 Å². The zero-order chi connectivity index (χ0) is 4.12. The molecular formula is C3H9KOSi. The van der Waals surface area contributed by atoms with E-state index in [1.54, 1.807) is 6.08 Å². The maximum absolute atomic E-state index is 8.13. The van der Waals surface area contributed by atoms with Crippen molar-refractivity contribution in [2.75, 3.05) is 0 Å². The van der Waals surface area contributed by atoms with Crippen LogP contribution in [-0.2, 0) is 0 Å². The predicted octanol–water partition coefficient (Wildman–Crippen LogP) is -3.22. The summed E-state index contributed by atoms with van der Waals surface area (Å²) in [6.45, 7) is 3.43. The minimum Gasteiger partial charge on any atom is -1.00 e. The molecule has 0 unspecified atom stereocenters. The summed E-state index contributed by atoms with van der Waals surface area (Å²) in [4.78, 5) is 8.13. The topological polar surface area (TPSA) is 20.2 Å². The molecule has 0 aromatic heterocycles. The van der Waals surface area contributed by atoms with Gasteiger partial charge < -0.3 is 6.22 Å². The zero-order valence-corrected chi connectivity index (χ0v) is 8.68. The third kappa shape index (κ3) is 9.12. The van der Waals surface area contributed by atoms with Gasteiger partial charge in [-0.1, -0.05) is 6.08 Å². The van der Waals surface area contributed by atoms with Gasteiger partial charge in [0.25, 0.3) is 0 Å². The number of hydrogen-bond donors (Lipinski definition) is 1. The fourth-order valence-corrected chi connectivity index (χ4v) is 0.274. The Morgan fingerprint density at radius 2 is 2.50 bits per heavy atom. The van der Waals surface area contributed by atoms with Crippen LogP contribution in [0.5, 0.6) is 0 Å². The average molecular weight is 128 g/mol. The first-order valence-electron chi connectivity index (χ1n) is 1.63. The Hall–Kier alpha value is 1.55. The molecule has 0 aromatic rings. The minimum absolute atomic E-state index is 0. The number of allylic oxidation sites excluding steroid dienone is 1. The predicted molar refractivity (Wildman–Crippen MR) is 26.9 cm³/mol. The van der Waals surface area contributed by atoms with Crippen LogP contribution in [0.15, 0.2) is 12.7 Å². The van der Waals surface area contributed by atoms with E-state index in [1.165, 1.54) is 0 Å². The standard InChI is InChI=1S/C3H8OSi.K.H/c1-2-3-5-4;;/h2,4H,1,3,5H2;;/q;+1;-1. The van der Waals surface area contributed by atoms with Crippen LogP contribution < -0.4 is 51.4 Å². The monoisotopic (exact) mass is 128 g/mol. The van der Waals surface area contributed by atoms with Gasteiger partial charge in [-0.3, -0.25) is 0 Å². The molecule has 0 heterocycles. The Balaban J connectivity index is -0.0000000800. The van der Waals surface area contributed by atoms with Gasteiger partial charge in [-0.25, -0.2) is 0 Å². The maximum atomic E-state index is 8.13. The summed E-state index contributed by atoms with van der Waals surface area (Å²) in [6.07, 6.45) is 1.74. The second-order valence-electron chi connectivity index (χ2n) is 0.801. The van der Waals surface area contributed by atoms with E-state index in [4.69, 9.17) is 4.80 Å². The van der Waals surface area contributed by atoms with Crippen molar-refractivity contribution in [3.8, 4) is 0 Å². The van der Waals surface area contributed by atoms with Crippen molar-refractivity contribution in [3.63, 3.8) is 0 Å². The Morgan fingerprint density at radius 1 is 2.00 bits per heavy atom. The van der Waals surface area contributed by atoms with Crippen molar-refractivity contribution in [1.29, 1.82) is 0 Å². The molecule has 0 atom stereocenters. The Bertz CT molecular complexity index is 36.1. The smallest absolute Gasteiger partial charge is 1.00 e. The van der Waals surface area contributed by atoms with E-state index in [2.05, 4.69) is 6.58 Å². The summed E-state index contributed by atoms with van der Waals surface area (Å²) in [5.74, 6) is 0. The molecule has 0 spiro atoms. The van der Waals surface area contributed by atoms with Gasteiger partial charge in [-0.15, -0.1) is 6.58 Å². The van der Waals surface area contributed by atoms with Gasteiger partial charge in [0.2, 0.25) is 0 Å². The van der Waals surface area contributed by atoms with Gasteiger partial charge in [0.15, 0.2) is 9.76 Å². The van der Waals surface area contributed by atoms with E-state index in [0.29, 0.717) is 0 Å². The van der Waals surface area contributed by atoms with E-state index in [-0.39, 0.29) is 52.8 Å². The van der Waals surface area contributed by atoms with Crippen molar-refractivity contribution in [1.82, 2.24) is 0 Å². The molecule has 0 bridgehead atoms. The first kappa shape index (κ1) is 10.5. The van der Waals surface area contributed by atoms with Crippen molar-refractivity contribution >= 4 is 9.76 Å².